The van der Waals surface area contributed by atoms with Crippen LogP contribution in [0, 0.1) is 0 Å². The third kappa shape index (κ3) is 2.34. The van der Waals surface area contributed by atoms with Crippen LogP contribution in [0.1, 0.15) is 28.1 Å². The molecule has 0 radical (unpaired) electrons. The first-order chi connectivity index (χ1) is 11.3. The Bertz CT molecular complexity index is 931. The number of ether oxygens (including phenoxy) is 1. The van der Waals surface area contributed by atoms with Gasteiger partial charge in [-0.3, -0.25) is 4.79 Å². The largest absolute Gasteiger partial charge is 0.493 e. The minimum Gasteiger partial charge on any atom is -0.493 e. The van der Waals surface area contributed by atoms with Gasteiger partial charge in [0.05, 0.1) is 7.11 Å². The van der Waals surface area contributed by atoms with Crippen LogP contribution in [0.4, 0.5) is 0 Å². The molecule has 3 aromatic rings. The number of aryl methyl sites for hydroxylation is 1. The first-order valence-electron chi connectivity index (χ1n) is 7.66. The van der Waals surface area contributed by atoms with E-state index >= 15 is 0 Å². The molecule has 1 aromatic heterocycles. The highest BCUT2D eigenvalue weighted by molar-refractivity contribution is 6.13. The Hall–Kier alpha value is -2.81. The number of rotatable bonds is 2. The number of hydrogen-bond donors (Lipinski definition) is 0. The van der Waals surface area contributed by atoms with Gasteiger partial charge >= 0.3 is 0 Å². The molecule has 0 aliphatic heterocycles. The average Bonchev–Trinajstić information content (AvgIpc) is 3.00. The number of allylic oxidation sites excluding steroid dienone is 1. The van der Waals surface area contributed by atoms with Gasteiger partial charge in [0.25, 0.3) is 0 Å². The average molecular weight is 304 g/mol. The maximum Gasteiger partial charge on any atom is 0.189 e. The lowest BCUT2D eigenvalue weighted by Gasteiger charge is -2.16. The fourth-order valence-corrected chi connectivity index (χ4v) is 3.11. The van der Waals surface area contributed by atoms with Crippen molar-refractivity contribution in [2.75, 3.05) is 7.11 Å². The highest BCUT2D eigenvalue weighted by Crippen LogP contribution is 2.31. The van der Waals surface area contributed by atoms with Gasteiger partial charge < -0.3 is 9.15 Å². The van der Waals surface area contributed by atoms with Gasteiger partial charge in [0.1, 0.15) is 5.76 Å². The fraction of sp³-hybridized carbons (Fsp3) is 0.150. The highest BCUT2D eigenvalue weighted by atomic mass is 16.5. The summed E-state index contributed by atoms with van der Waals surface area (Å²) in [5, 5.41) is 0.972. The minimum atomic E-state index is 0.0965. The van der Waals surface area contributed by atoms with Gasteiger partial charge in [0.2, 0.25) is 0 Å². The van der Waals surface area contributed by atoms with Crippen molar-refractivity contribution in [3.63, 3.8) is 0 Å². The van der Waals surface area contributed by atoms with Crippen LogP contribution >= 0.6 is 0 Å². The molecule has 0 atom stereocenters. The van der Waals surface area contributed by atoms with Crippen LogP contribution in [0.15, 0.2) is 58.5 Å². The van der Waals surface area contributed by atoms with Crippen LogP contribution in [0.2, 0.25) is 0 Å². The van der Waals surface area contributed by atoms with Crippen molar-refractivity contribution < 1.29 is 13.9 Å². The highest BCUT2D eigenvalue weighted by Gasteiger charge is 2.21. The van der Waals surface area contributed by atoms with E-state index in [2.05, 4.69) is 0 Å². The zero-order valence-electron chi connectivity index (χ0n) is 12.8. The van der Waals surface area contributed by atoms with E-state index in [1.807, 2.05) is 54.6 Å². The molecule has 3 nitrogen and oxygen atoms in total. The zero-order chi connectivity index (χ0) is 15.8. The summed E-state index contributed by atoms with van der Waals surface area (Å²) in [6, 6.07) is 15.5. The number of ketones is 1. The first kappa shape index (κ1) is 13.8. The lowest BCUT2D eigenvalue weighted by atomic mass is 9.86. The molecule has 3 heteroatoms. The van der Waals surface area contributed by atoms with E-state index in [0.717, 1.165) is 34.9 Å². The molecule has 0 fully saturated rings. The van der Waals surface area contributed by atoms with E-state index < -0.39 is 0 Å². The number of para-hydroxylation sites is 1. The molecule has 0 unspecified atom stereocenters. The quantitative estimate of drug-likeness (QED) is 0.647. The number of furan rings is 1. The molecule has 4 rings (SSSR count). The van der Waals surface area contributed by atoms with Gasteiger partial charge in [-0.15, -0.1) is 0 Å². The molecule has 1 aliphatic carbocycles. The lowest BCUT2D eigenvalue weighted by molar-refractivity contribution is 0.102. The van der Waals surface area contributed by atoms with Crippen molar-refractivity contribution in [3.05, 3.63) is 71.0 Å². The smallest absolute Gasteiger partial charge is 0.189 e. The normalized spacial score (nSPS) is 15.9. The second-order valence-corrected chi connectivity index (χ2v) is 5.68. The van der Waals surface area contributed by atoms with Crippen LogP contribution in [0.5, 0.6) is 5.75 Å². The third-order valence-electron chi connectivity index (χ3n) is 4.28. The summed E-state index contributed by atoms with van der Waals surface area (Å²) in [6.45, 7) is 0. The molecular weight excluding hydrogens is 288 g/mol. The van der Waals surface area contributed by atoms with Crippen LogP contribution < -0.4 is 4.74 Å². The Labute approximate surface area is 134 Å². The van der Waals surface area contributed by atoms with Gasteiger partial charge in [0.15, 0.2) is 17.1 Å². The summed E-state index contributed by atoms with van der Waals surface area (Å²) < 4.78 is 11.2. The third-order valence-corrected chi connectivity index (χ3v) is 4.28. The maximum atomic E-state index is 12.6. The Morgan fingerprint density at radius 1 is 1.09 bits per heavy atom. The summed E-state index contributed by atoms with van der Waals surface area (Å²) in [5.41, 5.74) is 3.44. The van der Waals surface area contributed by atoms with Crippen molar-refractivity contribution in [1.82, 2.24) is 0 Å². The minimum absolute atomic E-state index is 0.0965. The SMILES string of the molecule is COc1cccc2cc(/C=C3\CCc4ccccc4C3=O)oc12. The van der Waals surface area contributed by atoms with E-state index in [1.54, 1.807) is 7.11 Å². The molecule has 1 heterocycles. The van der Waals surface area contributed by atoms with Crippen molar-refractivity contribution >= 4 is 22.8 Å². The van der Waals surface area contributed by atoms with Crippen LogP contribution in [0.25, 0.3) is 17.0 Å². The molecule has 114 valence electrons. The van der Waals surface area contributed by atoms with Gasteiger partial charge in [-0.1, -0.05) is 36.4 Å². The number of hydrogen-bond acceptors (Lipinski definition) is 3. The summed E-state index contributed by atoms with van der Waals surface area (Å²) in [6.07, 6.45) is 3.49. The Morgan fingerprint density at radius 3 is 2.83 bits per heavy atom. The summed E-state index contributed by atoms with van der Waals surface area (Å²) >= 11 is 0. The van der Waals surface area contributed by atoms with Gasteiger partial charge in [-0.25, -0.2) is 0 Å². The molecule has 0 spiro atoms. The van der Waals surface area contributed by atoms with E-state index in [9.17, 15) is 4.79 Å². The van der Waals surface area contributed by atoms with Crippen LogP contribution in [0.3, 0.4) is 0 Å². The van der Waals surface area contributed by atoms with E-state index in [4.69, 9.17) is 9.15 Å². The summed E-state index contributed by atoms with van der Waals surface area (Å²) in [7, 11) is 1.62. The van der Waals surface area contributed by atoms with Crippen LogP contribution in [-0.4, -0.2) is 12.9 Å². The number of benzene rings is 2. The molecule has 23 heavy (non-hydrogen) atoms. The Kier molecular flexibility index (Phi) is 3.27. The van der Waals surface area contributed by atoms with Crippen molar-refractivity contribution in [3.8, 4) is 5.75 Å². The molecule has 0 bridgehead atoms. The van der Waals surface area contributed by atoms with E-state index in [-0.39, 0.29) is 5.78 Å². The molecule has 2 aromatic carbocycles. The second-order valence-electron chi connectivity index (χ2n) is 5.68. The van der Waals surface area contributed by atoms with E-state index in [0.29, 0.717) is 17.1 Å². The molecule has 0 saturated carbocycles. The Balaban J connectivity index is 1.75. The molecular formula is C20H16O3. The van der Waals surface area contributed by atoms with E-state index in [1.165, 1.54) is 0 Å². The standard InChI is InChI=1S/C20H16O3/c1-22-18-8-4-6-15-12-16(23-20(15)18)11-14-10-9-13-5-2-3-7-17(13)19(14)21/h2-8,11-12H,9-10H2,1H3/b14-11+. The van der Waals surface area contributed by atoms with Gasteiger partial charge in [0, 0.05) is 16.5 Å². The molecule has 0 saturated heterocycles. The predicted octanol–water partition coefficient (Wildman–Crippen LogP) is 4.65. The molecule has 0 N–H and O–H groups in total. The predicted molar refractivity (Wildman–Crippen MR) is 89.8 cm³/mol. The lowest BCUT2D eigenvalue weighted by Crippen LogP contribution is -2.13. The van der Waals surface area contributed by atoms with Gasteiger partial charge in [-0.05, 0) is 36.6 Å². The fourth-order valence-electron chi connectivity index (χ4n) is 3.11. The number of carbonyl (C=O) groups is 1. The number of methoxy groups -OCH3 is 1. The number of fused-ring (bicyclic) bond motifs is 2. The van der Waals surface area contributed by atoms with Crippen molar-refractivity contribution in [1.29, 1.82) is 0 Å². The molecule has 1 aliphatic rings. The van der Waals surface area contributed by atoms with Gasteiger partial charge in [-0.2, -0.15) is 0 Å². The number of Topliss-reactive ketones (excluding diaryl/α,β-unsaturated/α-hetero) is 1. The second kappa shape index (κ2) is 5.43. The monoisotopic (exact) mass is 304 g/mol. The van der Waals surface area contributed by atoms with Crippen molar-refractivity contribution in [2.45, 2.75) is 12.8 Å². The Morgan fingerprint density at radius 2 is 1.96 bits per heavy atom. The first-order valence-corrected chi connectivity index (χ1v) is 7.66. The topological polar surface area (TPSA) is 39.4 Å². The summed E-state index contributed by atoms with van der Waals surface area (Å²) in [5.74, 6) is 1.49. The summed E-state index contributed by atoms with van der Waals surface area (Å²) in [4.78, 5) is 12.6. The zero-order valence-corrected chi connectivity index (χ0v) is 12.8. The number of carbonyl (C=O) groups excluding carboxylic acids is 1. The maximum absolute atomic E-state index is 12.6. The van der Waals surface area contributed by atoms with Crippen molar-refractivity contribution in [2.24, 2.45) is 0 Å². The van der Waals surface area contributed by atoms with Crippen LogP contribution in [-0.2, 0) is 6.42 Å². The molecule has 0 amide bonds.